The zero-order chi connectivity index (χ0) is 17.1. The first-order valence-corrected chi connectivity index (χ1v) is 9.50. The molecule has 6 heteroatoms. The van der Waals surface area contributed by atoms with Crippen molar-refractivity contribution in [3.8, 4) is 10.6 Å². The van der Waals surface area contributed by atoms with E-state index in [1.54, 1.807) is 11.3 Å². The molecule has 25 heavy (non-hydrogen) atoms. The first-order valence-electron chi connectivity index (χ1n) is 8.69. The SMILES string of the molecule is Cn1ccnc1CN1CCN(Cc2cnc(-c3ccccc3)s2)CC1. The summed E-state index contributed by atoms with van der Waals surface area (Å²) in [5, 5.41) is 1.11. The average Bonchev–Trinajstić information content (AvgIpc) is 3.27. The lowest BCUT2D eigenvalue weighted by Crippen LogP contribution is -2.45. The van der Waals surface area contributed by atoms with Crippen LogP contribution in [0.2, 0.25) is 0 Å². The molecular weight excluding hydrogens is 330 g/mol. The number of thiazole rings is 1. The first kappa shape index (κ1) is 16.4. The highest BCUT2D eigenvalue weighted by molar-refractivity contribution is 7.15. The lowest BCUT2D eigenvalue weighted by atomic mass is 10.2. The van der Waals surface area contributed by atoms with E-state index in [-0.39, 0.29) is 0 Å². The molecule has 1 aromatic carbocycles. The van der Waals surface area contributed by atoms with Crippen molar-refractivity contribution in [1.82, 2.24) is 24.3 Å². The summed E-state index contributed by atoms with van der Waals surface area (Å²) in [6.45, 7) is 6.33. The van der Waals surface area contributed by atoms with Crippen molar-refractivity contribution in [1.29, 1.82) is 0 Å². The van der Waals surface area contributed by atoms with E-state index in [0.717, 1.165) is 50.1 Å². The largest absolute Gasteiger partial charge is 0.337 e. The second-order valence-electron chi connectivity index (χ2n) is 6.50. The van der Waals surface area contributed by atoms with Crippen LogP contribution in [0.1, 0.15) is 10.7 Å². The van der Waals surface area contributed by atoms with E-state index in [4.69, 9.17) is 0 Å². The van der Waals surface area contributed by atoms with Crippen LogP contribution in [0.3, 0.4) is 0 Å². The molecule has 0 N–H and O–H groups in total. The number of hydrogen-bond donors (Lipinski definition) is 0. The quantitative estimate of drug-likeness (QED) is 0.707. The first-order chi connectivity index (χ1) is 12.3. The highest BCUT2D eigenvalue weighted by atomic mass is 32.1. The second kappa shape index (κ2) is 7.47. The minimum atomic E-state index is 0.941. The molecule has 3 heterocycles. The summed E-state index contributed by atoms with van der Waals surface area (Å²) in [6, 6.07) is 10.4. The monoisotopic (exact) mass is 353 g/mol. The minimum Gasteiger partial charge on any atom is -0.337 e. The number of rotatable bonds is 5. The van der Waals surface area contributed by atoms with Gasteiger partial charge in [-0.3, -0.25) is 9.80 Å². The van der Waals surface area contributed by atoms with Gasteiger partial charge in [0.2, 0.25) is 0 Å². The molecule has 0 saturated carbocycles. The molecule has 0 aliphatic carbocycles. The van der Waals surface area contributed by atoms with E-state index in [9.17, 15) is 0 Å². The van der Waals surface area contributed by atoms with Crippen molar-refractivity contribution >= 4 is 11.3 Å². The van der Waals surface area contributed by atoms with Crippen molar-refractivity contribution in [3.05, 3.63) is 59.6 Å². The predicted molar refractivity (Wildman–Crippen MR) is 101 cm³/mol. The Kier molecular flexibility index (Phi) is 4.92. The van der Waals surface area contributed by atoms with Gasteiger partial charge in [0.1, 0.15) is 10.8 Å². The molecule has 1 fully saturated rings. The number of aryl methyl sites for hydroxylation is 1. The maximum atomic E-state index is 4.60. The fourth-order valence-electron chi connectivity index (χ4n) is 3.17. The maximum absolute atomic E-state index is 4.60. The Morgan fingerprint density at radius 3 is 2.36 bits per heavy atom. The second-order valence-corrected chi connectivity index (χ2v) is 7.62. The lowest BCUT2D eigenvalue weighted by molar-refractivity contribution is 0.120. The van der Waals surface area contributed by atoms with Gasteiger partial charge < -0.3 is 4.57 Å². The van der Waals surface area contributed by atoms with Gasteiger partial charge in [-0.15, -0.1) is 11.3 Å². The van der Waals surface area contributed by atoms with Gasteiger partial charge in [0, 0.05) is 68.8 Å². The number of imidazole rings is 1. The third-order valence-corrected chi connectivity index (χ3v) is 5.74. The van der Waals surface area contributed by atoms with Crippen LogP contribution in [0, 0.1) is 0 Å². The van der Waals surface area contributed by atoms with Gasteiger partial charge in [0.05, 0.1) is 6.54 Å². The number of nitrogens with zero attached hydrogens (tertiary/aromatic N) is 5. The molecule has 1 saturated heterocycles. The Balaban J connectivity index is 1.30. The molecule has 0 unspecified atom stereocenters. The Hall–Kier alpha value is -2.02. The lowest BCUT2D eigenvalue weighted by Gasteiger charge is -2.34. The molecule has 4 rings (SSSR count). The van der Waals surface area contributed by atoms with Gasteiger partial charge in [-0.05, 0) is 0 Å². The van der Waals surface area contributed by atoms with Crippen molar-refractivity contribution in [2.75, 3.05) is 26.2 Å². The van der Waals surface area contributed by atoms with Crippen LogP contribution in [0.25, 0.3) is 10.6 Å². The van der Waals surface area contributed by atoms with Gasteiger partial charge in [0.25, 0.3) is 0 Å². The van der Waals surface area contributed by atoms with Gasteiger partial charge in [-0.1, -0.05) is 30.3 Å². The number of piperazine rings is 1. The average molecular weight is 353 g/mol. The van der Waals surface area contributed by atoms with Gasteiger partial charge in [0.15, 0.2) is 0 Å². The third-order valence-electron chi connectivity index (χ3n) is 4.70. The highest BCUT2D eigenvalue weighted by Crippen LogP contribution is 2.25. The van der Waals surface area contributed by atoms with Crippen LogP contribution >= 0.6 is 11.3 Å². The zero-order valence-corrected chi connectivity index (χ0v) is 15.3. The van der Waals surface area contributed by atoms with E-state index < -0.39 is 0 Å². The van der Waals surface area contributed by atoms with E-state index >= 15 is 0 Å². The summed E-state index contributed by atoms with van der Waals surface area (Å²) >= 11 is 1.81. The topological polar surface area (TPSA) is 37.2 Å². The van der Waals surface area contributed by atoms with Crippen LogP contribution in [0.5, 0.6) is 0 Å². The van der Waals surface area contributed by atoms with Crippen LogP contribution in [0.15, 0.2) is 48.9 Å². The maximum Gasteiger partial charge on any atom is 0.123 e. The predicted octanol–water partition coefficient (Wildman–Crippen LogP) is 2.86. The standard InChI is InChI=1S/C19H23N5S/c1-22-8-7-20-18(22)15-24-11-9-23(10-12-24)14-17-13-21-19(25-17)16-5-3-2-4-6-16/h2-8,13H,9-12,14-15H2,1H3. The molecule has 0 radical (unpaired) electrons. The fraction of sp³-hybridized carbons (Fsp3) is 0.368. The molecular formula is C19H23N5S. The smallest absolute Gasteiger partial charge is 0.123 e. The Morgan fingerprint density at radius 2 is 1.68 bits per heavy atom. The molecule has 1 aliphatic rings. The van der Waals surface area contributed by atoms with Crippen molar-refractivity contribution in [2.45, 2.75) is 13.1 Å². The number of benzene rings is 1. The molecule has 0 amide bonds. The molecule has 1 aliphatic heterocycles. The summed E-state index contributed by atoms with van der Waals surface area (Å²) in [7, 11) is 2.06. The van der Waals surface area contributed by atoms with Crippen molar-refractivity contribution < 1.29 is 0 Å². The summed E-state index contributed by atoms with van der Waals surface area (Å²) < 4.78 is 2.11. The molecule has 0 spiro atoms. The number of aromatic nitrogens is 3. The molecule has 2 aromatic heterocycles. The normalized spacial score (nSPS) is 16.4. The van der Waals surface area contributed by atoms with Crippen molar-refractivity contribution in [2.24, 2.45) is 7.05 Å². The Labute approximate surface area is 152 Å². The Morgan fingerprint density at radius 1 is 0.960 bits per heavy atom. The van der Waals surface area contributed by atoms with Crippen LogP contribution in [-0.4, -0.2) is 50.5 Å². The zero-order valence-electron chi connectivity index (χ0n) is 14.5. The summed E-state index contributed by atoms with van der Waals surface area (Å²) in [5.41, 5.74) is 1.21. The van der Waals surface area contributed by atoms with E-state index in [1.807, 2.05) is 24.7 Å². The van der Waals surface area contributed by atoms with Crippen molar-refractivity contribution in [3.63, 3.8) is 0 Å². The van der Waals surface area contributed by atoms with Gasteiger partial charge >= 0.3 is 0 Å². The van der Waals surface area contributed by atoms with Gasteiger partial charge in [-0.2, -0.15) is 0 Å². The van der Waals surface area contributed by atoms with E-state index in [2.05, 4.69) is 55.6 Å². The highest BCUT2D eigenvalue weighted by Gasteiger charge is 2.19. The van der Waals surface area contributed by atoms with E-state index in [0.29, 0.717) is 0 Å². The number of hydrogen-bond acceptors (Lipinski definition) is 5. The fourth-order valence-corrected chi connectivity index (χ4v) is 4.13. The van der Waals surface area contributed by atoms with Gasteiger partial charge in [-0.25, -0.2) is 9.97 Å². The van der Waals surface area contributed by atoms with Crippen LogP contribution in [-0.2, 0) is 20.1 Å². The molecule has 3 aromatic rings. The molecule has 0 bridgehead atoms. The van der Waals surface area contributed by atoms with Crippen LogP contribution in [0.4, 0.5) is 0 Å². The summed E-state index contributed by atoms with van der Waals surface area (Å²) in [5.74, 6) is 1.14. The van der Waals surface area contributed by atoms with E-state index in [1.165, 1.54) is 10.4 Å². The summed E-state index contributed by atoms with van der Waals surface area (Å²) in [6.07, 6.45) is 5.92. The third kappa shape index (κ3) is 3.98. The summed E-state index contributed by atoms with van der Waals surface area (Å²) in [4.78, 5) is 15.4. The van der Waals surface area contributed by atoms with Crippen LogP contribution < -0.4 is 0 Å². The minimum absolute atomic E-state index is 0.941. The molecule has 5 nitrogen and oxygen atoms in total. The molecule has 0 atom stereocenters. The Bertz CT molecular complexity index is 802. The molecule has 130 valence electrons.